The van der Waals surface area contributed by atoms with Gasteiger partial charge in [0.1, 0.15) is 0 Å². The molecule has 2 aliphatic rings. The molecule has 5 rings (SSSR count). The van der Waals surface area contributed by atoms with E-state index in [0.29, 0.717) is 12.2 Å². The summed E-state index contributed by atoms with van der Waals surface area (Å²) in [4.78, 5) is 18.1. The van der Waals surface area contributed by atoms with Crippen LogP contribution in [0.15, 0.2) is 78.9 Å². The standard InChI is InChI=1S/C33H40N2O/c36-33(13-7-12-27-16-20-34(21-17-27)25-28-8-3-1-4-9-28)32-15-14-30-18-22-35(23-19-31(30)24-32)26-29-10-5-2-6-11-29/h1-6,8-11,14-15,24,27H,7,12-13,16-23,25-26H2. The second-order valence-corrected chi connectivity index (χ2v) is 10.8. The quantitative estimate of drug-likeness (QED) is 0.324. The van der Waals surface area contributed by atoms with Gasteiger partial charge in [0.15, 0.2) is 5.78 Å². The van der Waals surface area contributed by atoms with Crippen LogP contribution < -0.4 is 0 Å². The molecule has 0 bridgehead atoms. The lowest BCUT2D eigenvalue weighted by atomic mass is 9.90. The summed E-state index contributed by atoms with van der Waals surface area (Å²) < 4.78 is 0. The second-order valence-electron chi connectivity index (χ2n) is 10.8. The maximum absolute atomic E-state index is 13.0. The Kier molecular flexibility index (Phi) is 8.63. The van der Waals surface area contributed by atoms with Crippen molar-refractivity contribution in [3.8, 4) is 0 Å². The molecule has 0 saturated carbocycles. The van der Waals surface area contributed by atoms with E-state index < -0.39 is 0 Å². The monoisotopic (exact) mass is 480 g/mol. The number of nitrogens with zero attached hydrogens (tertiary/aromatic N) is 2. The smallest absolute Gasteiger partial charge is 0.162 e. The third kappa shape index (κ3) is 6.93. The molecule has 36 heavy (non-hydrogen) atoms. The second kappa shape index (κ2) is 12.5. The minimum Gasteiger partial charge on any atom is -0.299 e. The number of hydrogen-bond donors (Lipinski definition) is 0. The van der Waals surface area contributed by atoms with Crippen molar-refractivity contribution < 1.29 is 4.79 Å². The zero-order valence-corrected chi connectivity index (χ0v) is 21.6. The van der Waals surface area contributed by atoms with Crippen LogP contribution in [0.25, 0.3) is 0 Å². The van der Waals surface area contributed by atoms with Crippen LogP contribution in [0.3, 0.4) is 0 Å². The van der Waals surface area contributed by atoms with Gasteiger partial charge in [-0.15, -0.1) is 0 Å². The molecule has 3 nitrogen and oxygen atoms in total. The topological polar surface area (TPSA) is 23.6 Å². The molecule has 3 aromatic rings. The van der Waals surface area contributed by atoms with E-state index in [0.717, 1.165) is 56.9 Å². The van der Waals surface area contributed by atoms with Crippen molar-refractivity contribution in [3.63, 3.8) is 0 Å². The molecule has 1 saturated heterocycles. The summed E-state index contributed by atoms with van der Waals surface area (Å²) in [6.07, 6.45) is 7.51. The Labute approximate surface area is 217 Å². The molecule has 2 heterocycles. The number of likely N-dealkylation sites (tertiary alicyclic amines) is 1. The number of rotatable bonds is 9. The minimum absolute atomic E-state index is 0.324. The lowest BCUT2D eigenvalue weighted by Crippen LogP contribution is -2.33. The van der Waals surface area contributed by atoms with Crippen molar-refractivity contribution in [2.45, 2.75) is 58.0 Å². The Balaban J connectivity index is 1.05. The Morgan fingerprint density at radius 1 is 0.694 bits per heavy atom. The molecule has 0 N–H and O–H groups in total. The van der Waals surface area contributed by atoms with Crippen molar-refractivity contribution in [2.24, 2.45) is 5.92 Å². The van der Waals surface area contributed by atoms with Crippen molar-refractivity contribution in [1.82, 2.24) is 9.80 Å². The molecule has 3 heteroatoms. The first-order valence-corrected chi connectivity index (χ1v) is 13.9. The number of ketones is 1. The summed E-state index contributed by atoms with van der Waals surface area (Å²) >= 11 is 0. The number of Topliss-reactive ketones (excluding diaryl/α,β-unsaturated/α-hetero) is 1. The maximum Gasteiger partial charge on any atom is 0.162 e. The lowest BCUT2D eigenvalue weighted by molar-refractivity contribution is 0.0974. The van der Waals surface area contributed by atoms with Crippen molar-refractivity contribution in [1.29, 1.82) is 0 Å². The number of carbonyl (C=O) groups excluding carboxylic acids is 1. The highest BCUT2D eigenvalue weighted by molar-refractivity contribution is 5.96. The van der Waals surface area contributed by atoms with E-state index in [4.69, 9.17) is 0 Å². The van der Waals surface area contributed by atoms with Gasteiger partial charge < -0.3 is 0 Å². The van der Waals surface area contributed by atoms with Crippen LogP contribution in [0.1, 0.15) is 64.7 Å². The third-order valence-corrected chi connectivity index (χ3v) is 8.14. The fourth-order valence-electron chi connectivity index (χ4n) is 5.92. The van der Waals surface area contributed by atoms with Crippen LogP contribution in [-0.2, 0) is 25.9 Å². The third-order valence-electron chi connectivity index (χ3n) is 8.14. The van der Waals surface area contributed by atoms with E-state index in [1.54, 1.807) is 0 Å². The van der Waals surface area contributed by atoms with Gasteiger partial charge >= 0.3 is 0 Å². The summed E-state index contributed by atoms with van der Waals surface area (Å²) in [5.74, 6) is 1.09. The van der Waals surface area contributed by atoms with Gasteiger partial charge in [-0.3, -0.25) is 14.6 Å². The van der Waals surface area contributed by atoms with Crippen molar-refractivity contribution >= 4 is 5.78 Å². The molecular weight excluding hydrogens is 440 g/mol. The van der Waals surface area contributed by atoms with E-state index in [9.17, 15) is 4.79 Å². The van der Waals surface area contributed by atoms with Gasteiger partial charge in [-0.25, -0.2) is 0 Å². The molecule has 3 aromatic carbocycles. The molecule has 0 radical (unpaired) electrons. The molecule has 2 aliphatic heterocycles. The van der Waals surface area contributed by atoms with E-state index in [-0.39, 0.29) is 0 Å². The number of piperidine rings is 1. The van der Waals surface area contributed by atoms with Gasteiger partial charge in [0.05, 0.1) is 0 Å². The van der Waals surface area contributed by atoms with Crippen LogP contribution in [0.4, 0.5) is 0 Å². The first-order valence-electron chi connectivity index (χ1n) is 13.9. The van der Waals surface area contributed by atoms with Gasteiger partial charge in [-0.05, 0) is 85.9 Å². The maximum atomic E-state index is 13.0. The molecule has 0 spiro atoms. The average Bonchev–Trinajstić information content (AvgIpc) is 3.12. The van der Waals surface area contributed by atoms with Gasteiger partial charge in [-0.2, -0.15) is 0 Å². The van der Waals surface area contributed by atoms with Gasteiger partial charge in [-0.1, -0.05) is 72.8 Å². The molecule has 0 aromatic heterocycles. The van der Waals surface area contributed by atoms with E-state index in [2.05, 4.69) is 88.7 Å². The zero-order valence-electron chi connectivity index (χ0n) is 21.6. The van der Waals surface area contributed by atoms with E-state index >= 15 is 0 Å². The van der Waals surface area contributed by atoms with Crippen molar-refractivity contribution in [3.05, 3.63) is 107 Å². The first-order chi connectivity index (χ1) is 17.7. The Morgan fingerprint density at radius 3 is 1.92 bits per heavy atom. The van der Waals surface area contributed by atoms with E-state index in [1.807, 2.05) is 0 Å². The fourth-order valence-corrected chi connectivity index (χ4v) is 5.92. The summed E-state index contributed by atoms with van der Waals surface area (Å²) in [5.41, 5.74) is 6.50. The van der Waals surface area contributed by atoms with Crippen LogP contribution in [-0.4, -0.2) is 41.8 Å². The van der Waals surface area contributed by atoms with Crippen LogP contribution >= 0.6 is 0 Å². The fraction of sp³-hybridized carbons (Fsp3) is 0.424. The Bertz CT molecular complexity index is 1100. The summed E-state index contributed by atoms with van der Waals surface area (Å²) in [7, 11) is 0. The molecule has 0 amide bonds. The Hall–Kier alpha value is -2.75. The van der Waals surface area contributed by atoms with Gasteiger partial charge in [0.2, 0.25) is 0 Å². The highest BCUT2D eigenvalue weighted by Gasteiger charge is 2.20. The van der Waals surface area contributed by atoms with Crippen LogP contribution in [0.2, 0.25) is 0 Å². The van der Waals surface area contributed by atoms with Crippen LogP contribution in [0.5, 0.6) is 0 Å². The van der Waals surface area contributed by atoms with Gasteiger partial charge in [0, 0.05) is 38.2 Å². The largest absolute Gasteiger partial charge is 0.299 e. The molecule has 0 atom stereocenters. The highest BCUT2D eigenvalue weighted by Crippen LogP contribution is 2.25. The summed E-state index contributed by atoms with van der Waals surface area (Å²) in [6.45, 7) is 6.57. The SMILES string of the molecule is O=C(CCCC1CCN(Cc2ccccc2)CC1)c1ccc2c(c1)CCN(Cc1ccccc1)CC2. The number of hydrogen-bond acceptors (Lipinski definition) is 3. The lowest BCUT2D eigenvalue weighted by Gasteiger charge is -2.32. The highest BCUT2D eigenvalue weighted by atomic mass is 16.1. The molecule has 0 aliphatic carbocycles. The number of benzene rings is 3. The summed E-state index contributed by atoms with van der Waals surface area (Å²) in [6, 6.07) is 28.0. The molecular formula is C33H40N2O. The predicted octanol–water partition coefficient (Wildman–Crippen LogP) is 6.55. The predicted molar refractivity (Wildman–Crippen MR) is 148 cm³/mol. The van der Waals surface area contributed by atoms with E-state index in [1.165, 1.54) is 54.6 Å². The van der Waals surface area contributed by atoms with Crippen LogP contribution in [0, 0.1) is 5.92 Å². The van der Waals surface area contributed by atoms with Gasteiger partial charge in [0.25, 0.3) is 0 Å². The number of carbonyl (C=O) groups is 1. The number of fused-ring (bicyclic) bond motifs is 1. The molecule has 0 unspecified atom stereocenters. The molecule has 1 fully saturated rings. The minimum atomic E-state index is 0.324. The Morgan fingerprint density at radius 2 is 1.28 bits per heavy atom. The normalized spacial score (nSPS) is 17.4. The summed E-state index contributed by atoms with van der Waals surface area (Å²) in [5, 5.41) is 0. The molecule has 188 valence electrons. The zero-order chi connectivity index (χ0) is 24.6. The van der Waals surface area contributed by atoms with Crippen molar-refractivity contribution in [2.75, 3.05) is 26.2 Å². The average molecular weight is 481 g/mol. The first kappa shape index (κ1) is 24.9.